The first kappa shape index (κ1) is 14.6. The van der Waals surface area contributed by atoms with Crippen LogP contribution in [0.4, 0.5) is 0 Å². The number of hydrogen-bond donors (Lipinski definition) is 1. The molecule has 0 aliphatic rings. The number of carboxylic acid groups (broad SMARTS) is 1. The van der Waals surface area contributed by atoms with Gasteiger partial charge in [-0.25, -0.2) is 4.79 Å². The van der Waals surface area contributed by atoms with E-state index in [9.17, 15) is 4.79 Å². The van der Waals surface area contributed by atoms with E-state index in [2.05, 4.69) is 15.9 Å². The Bertz CT molecular complexity index is 668. The van der Waals surface area contributed by atoms with Crippen LogP contribution in [0.15, 0.2) is 53.0 Å². The molecule has 0 bridgehead atoms. The predicted molar refractivity (Wildman–Crippen MR) is 82.3 cm³/mol. The van der Waals surface area contributed by atoms with Gasteiger partial charge in [-0.1, -0.05) is 33.6 Å². The van der Waals surface area contributed by atoms with Crippen molar-refractivity contribution in [2.24, 2.45) is 0 Å². The standard InChI is InChI=1S/C15H10BrClO3/c16-11-2-1-3-13(8-11)20-14-9-12(17)6-4-10(14)5-7-15(18)19/h1-9H,(H,18,19)/b7-5+. The van der Waals surface area contributed by atoms with Crippen molar-refractivity contribution in [3.05, 3.63) is 63.6 Å². The molecule has 0 atom stereocenters. The largest absolute Gasteiger partial charge is 0.478 e. The third-order valence-corrected chi connectivity index (χ3v) is 3.13. The third-order valence-electron chi connectivity index (χ3n) is 2.40. The molecule has 3 nitrogen and oxygen atoms in total. The van der Waals surface area contributed by atoms with E-state index in [-0.39, 0.29) is 0 Å². The number of halogens is 2. The fourth-order valence-corrected chi connectivity index (χ4v) is 2.09. The molecule has 1 N–H and O–H groups in total. The van der Waals surface area contributed by atoms with Gasteiger partial charge < -0.3 is 9.84 Å². The summed E-state index contributed by atoms with van der Waals surface area (Å²) in [6.45, 7) is 0. The van der Waals surface area contributed by atoms with E-state index in [1.165, 1.54) is 6.08 Å². The first-order chi connectivity index (χ1) is 9.54. The molecule has 0 amide bonds. The average molecular weight is 354 g/mol. The summed E-state index contributed by atoms with van der Waals surface area (Å²) >= 11 is 9.31. The molecule has 0 aromatic heterocycles. The highest BCUT2D eigenvalue weighted by molar-refractivity contribution is 9.10. The molecule has 0 radical (unpaired) electrons. The summed E-state index contributed by atoms with van der Waals surface area (Å²) in [6, 6.07) is 12.4. The number of rotatable bonds is 4. The van der Waals surface area contributed by atoms with Crippen molar-refractivity contribution in [1.82, 2.24) is 0 Å². The second kappa shape index (κ2) is 6.59. The van der Waals surface area contributed by atoms with E-state index in [1.807, 2.05) is 18.2 Å². The number of benzene rings is 2. The lowest BCUT2D eigenvalue weighted by Gasteiger charge is -2.09. The molecule has 2 aromatic carbocycles. The van der Waals surface area contributed by atoms with E-state index in [1.54, 1.807) is 24.3 Å². The van der Waals surface area contributed by atoms with Gasteiger partial charge in [-0.3, -0.25) is 0 Å². The van der Waals surface area contributed by atoms with Crippen LogP contribution in [0.2, 0.25) is 5.02 Å². The molecule has 0 aliphatic carbocycles. The average Bonchev–Trinajstić information content (AvgIpc) is 2.37. The molecule has 2 rings (SSSR count). The van der Waals surface area contributed by atoms with Crippen molar-refractivity contribution in [1.29, 1.82) is 0 Å². The Morgan fingerprint density at radius 2 is 2.05 bits per heavy atom. The summed E-state index contributed by atoms with van der Waals surface area (Å²) < 4.78 is 6.63. The molecule has 0 aliphatic heterocycles. The number of ether oxygens (including phenoxy) is 1. The highest BCUT2D eigenvalue weighted by Gasteiger charge is 2.05. The van der Waals surface area contributed by atoms with E-state index >= 15 is 0 Å². The van der Waals surface area contributed by atoms with Crippen LogP contribution in [0.25, 0.3) is 6.08 Å². The summed E-state index contributed by atoms with van der Waals surface area (Å²) in [4.78, 5) is 10.6. The lowest BCUT2D eigenvalue weighted by Crippen LogP contribution is -1.90. The molecule has 0 saturated carbocycles. The van der Waals surface area contributed by atoms with Gasteiger partial charge in [0.05, 0.1) is 0 Å². The van der Waals surface area contributed by atoms with Gasteiger partial charge in [-0.15, -0.1) is 0 Å². The van der Waals surface area contributed by atoms with Crippen LogP contribution in [-0.2, 0) is 4.79 Å². The zero-order valence-electron chi connectivity index (χ0n) is 10.2. The lowest BCUT2D eigenvalue weighted by molar-refractivity contribution is -0.131. The minimum absolute atomic E-state index is 0.494. The Labute approximate surface area is 129 Å². The Morgan fingerprint density at radius 3 is 2.75 bits per heavy atom. The highest BCUT2D eigenvalue weighted by Crippen LogP contribution is 2.30. The molecule has 0 fully saturated rings. The molecule has 5 heteroatoms. The van der Waals surface area contributed by atoms with Gasteiger partial charge in [0.1, 0.15) is 11.5 Å². The summed E-state index contributed by atoms with van der Waals surface area (Å²) in [5.41, 5.74) is 0.636. The van der Waals surface area contributed by atoms with Crippen LogP contribution in [0.3, 0.4) is 0 Å². The van der Waals surface area contributed by atoms with Crippen LogP contribution < -0.4 is 4.74 Å². The highest BCUT2D eigenvalue weighted by atomic mass is 79.9. The van der Waals surface area contributed by atoms with Gasteiger partial charge >= 0.3 is 5.97 Å². The van der Waals surface area contributed by atoms with Gasteiger partial charge in [-0.05, 0) is 36.4 Å². The predicted octanol–water partition coefficient (Wildman–Crippen LogP) is 4.99. The first-order valence-corrected chi connectivity index (χ1v) is 6.85. The summed E-state index contributed by atoms with van der Waals surface area (Å²) in [6.07, 6.45) is 2.52. The SMILES string of the molecule is O=C(O)/C=C/c1ccc(Cl)cc1Oc1cccc(Br)c1. The maximum absolute atomic E-state index is 10.6. The van der Waals surface area contributed by atoms with Crippen molar-refractivity contribution in [3.63, 3.8) is 0 Å². The summed E-state index contributed by atoms with van der Waals surface area (Å²) in [5, 5.41) is 9.20. The van der Waals surface area contributed by atoms with Gasteiger partial charge in [0.25, 0.3) is 0 Å². The van der Waals surface area contributed by atoms with E-state index in [0.717, 1.165) is 10.5 Å². The Kier molecular flexibility index (Phi) is 4.82. The smallest absolute Gasteiger partial charge is 0.328 e. The van der Waals surface area contributed by atoms with Crippen LogP contribution >= 0.6 is 27.5 Å². The first-order valence-electron chi connectivity index (χ1n) is 5.68. The van der Waals surface area contributed by atoms with E-state index in [4.69, 9.17) is 21.4 Å². The molecular weight excluding hydrogens is 344 g/mol. The van der Waals surface area contributed by atoms with Gasteiger partial charge in [0.15, 0.2) is 0 Å². The van der Waals surface area contributed by atoms with Gasteiger partial charge in [0.2, 0.25) is 0 Å². The quantitative estimate of drug-likeness (QED) is 0.787. The van der Waals surface area contributed by atoms with Gasteiger partial charge in [-0.2, -0.15) is 0 Å². The summed E-state index contributed by atoms with van der Waals surface area (Å²) in [7, 11) is 0. The normalized spacial score (nSPS) is 10.7. The topological polar surface area (TPSA) is 46.5 Å². The Balaban J connectivity index is 2.34. The summed E-state index contributed by atoms with van der Waals surface area (Å²) in [5.74, 6) is 0.105. The zero-order valence-corrected chi connectivity index (χ0v) is 12.6. The fourth-order valence-electron chi connectivity index (χ4n) is 1.55. The van der Waals surface area contributed by atoms with E-state index in [0.29, 0.717) is 22.1 Å². The number of carboxylic acids is 1. The molecule has 0 spiro atoms. The minimum Gasteiger partial charge on any atom is -0.478 e. The van der Waals surface area contributed by atoms with Crippen molar-refractivity contribution in [2.75, 3.05) is 0 Å². The zero-order chi connectivity index (χ0) is 14.5. The van der Waals surface area contributed by atoms with Gasteiger partial charge in [0, 0.05) is 27.2 Å². The molecule has 0 unspecified atom stereocenters. The maximum Gasteiger partial charge on any atom is 0.328 e. The van der Waals surface area contributed by atoms with Crippen LogP contribution in [0.1, 0.15) is 5.56 Å². The minimum atomic E-state index is -1.02. The molecule has 20 heavy (non-hydrogen) atoms. The molecule has 0 heterocycles. The molecule has 102 valence electrons. The molecule has 0 saturated heterocycles. The second-order valence-electron chi connectivity index (χ2n) is 3.91. The van der Waals surface area contributed by atoms with Crippen LogP contribution in [0, 0.1) is 0 Å². The van der Waals surface area contributed by atoms with Crippen LogP contribution in [-0.4, -0.2) is 11.1 Å². The number of hydrogen-bond acceptors (Lipinski definition) is 2. The van der Waals surface area contributed by atoms with Crippen molar-refractivity contribution < 1.29 is 14.6 Å². The van der Waals surface area contributed by atoms with Crippen molar-refractivity contribution >= 4 is 39.6 Å². The fraction of sp³-hybridized carbons (Fsp3) is 0. The maximum atomic E-state index is 10.6. The Hall–Kier alpha value is -1.78. The number of carbonyl (C=O) groups is 1. The molecule has 2 aromatic rings. The second-order valence-corrected chi connectivity index (χ2v) is 5.27. The van der Waals surface area contributed by atoms with Crippen LogP contribution in [0.5, 0.6) is 11.5 Å². The van der Waals surface area contributed by atoms with Crippen molar-refractivity contribution in [2.45, 2.75) is 0 Å². The Morgan fingerprint density at radius 1 is 1.25 bits per heavy atom. The molecular formula is C15H10BrClO3. The van der Waals surface area contributed by atoms with E-state index < -0.39 is 5.97 Å². The lowest BCUT2D eigenvalue weighted by atomic mass is 10.2. The van der Waals surface area contributed by atoms with Crippen molar-refractivity contribution in [3.8, 4) is 11.5 Å². The third kappa shape index (κ3) is 4.11. The number of aliphatic carboxylic acids is 1. The monoisotopic (exact) mass is 352 g/mol.